The minimum atomic E-state index is -0.576. The first-order valence-corrected chi connectivity index (χ1v) is 6.48. The van der Waals surface area contributed by atoms with E-state index in [4.69, 9.17) is 0 Å². The molecular weight excluding hydrogens is 258 g/mol. The number of rotatable bonds is 3. The molecule has 8 heteroatoms. The van der Waals surface area contributed by atoms with Gasteiger partial charge in [-0.2, -0.15) is 0 Å². The first-order valence-electron chi connectivity index (χ1n) is 5.66. The summed E-state index contributed by atoms with van der Waals surface area (Å²) in [5.41, 5.74) is -0.152. The lowest BCUT2D eigenvalue weighted by molar-refractivity contribution is -0.389. The quantitative estimate of drug-likeness (QED) is 0.622. The van der Waals surface area contributed by atoms with E-state index in [0.29, 0.717) is 10.9 Å². The Kier molecular flexibility index (Phi) is 3.46. The number of piperidine rings is 1. The highest BCUT2D eigenvalue weighted by atomic mass is 32.1. The third-order valence-electron chi connectivity index (χ3n) is 3.13. The van der Waals surface area contributed by atoms with Crippen LogP contribution in [0.4, 0.5) is 15.7 Å². The van der Waals surface area contributed by atoms with Crippen molar-refractivity contribution in [2.24, 2.45) is 5.92 Å². The zero-order chi connectivity index (χ0) is 13.3. The topological polar surface area (TPSA) is 89.5 Å². The summed E-state index contributed by atoms with van der Waals surface area (Å²) in [6.45, 7) is 3.59. The van der Waals surface area contributed by atoms with Crippen LogP contribution in [0.1, 0.15) is 19.8 Å². The van der Waals surface area contributed by atoms with E-state index in [1.807, 2.05) is 4.90 Å². The molecule has 0 bridgehead atoms. The second-order valence-electron chi connectivity index (χ2n) is 4.46. The summed E-state index contributed by atoms with van der Waals surface area (Å²) in [6, 6.07) is 1.05. The second kappa shape index (κ2) is 4.89. The monoisotopic (exact) mass is 271 g/mol. The number of hydrogen-bond donors (Lipinski definition) is 0. The van der Waals surface area contributed by atoms with Crippen molar-refractivity contribution in [1.82, 2.24) is 0 Å². The Morgan fingerprint density at radius 2 is 1.89 bits per heavy atom. The average molecular weight is 271 g/mol. The number of nitrogens with zero attached hydrogens (tertiary/aromatic N) is 3. The van der Waals surface area contributed by atoms with Crippen molar-refractivity contribution in [1.29, 1.82) is 0 Å². The van der Waals surface area contributed by atoms with E-state index in [1.54, 1.807) is 0 Å². The summed E-state index contributed by atoms with van der Waals surface area (Å²) in [5.74, 6) is 0.607. The first kappa shape index (κ1) is 12.7. The molecule has 1 aromatic heterocycles. The van der Waals surface area contributed by atoms with E-state index in [2.05, 4.69) is 6.92 Å². The standard InChI is InChI=1S/C10H13N3O4S/c1-7-2-4-11(5-3-7)10-8(12(14)15)6-9(18-10)13(16)17/h6-7H,2-5H2,1H3. The van der Waals surface area contributed by atoms with Crippen molar-refractivity contribution in [3.63, 3.8) is 0 Å². The third-order valence-corrected chi connectivity index (χ3v) is 4.26. The van der Waals surface area contributed by atoms with E-state index >= 15 is 0 Å². The van der Waals surface area contributed by atoms with Gasteiger partial charge in [0.2, 0.25) is 0 Å². The number of nitro groups is 2. The molecule has 1 aliphatic rings. The van der Waals surface area contributed by atoms with Crippen LogP contribution in [-0.2, 0) is 0 Å². The van der Waals surface area contributed by atoms with Crippen molar-refractivity contribution >= 4 is 27.0 Å². The number of anilines is 1. The van der Waals surface area contributed by atoms with E-state index in [1.165, 1.54) is 0 Å². The summed E-state index contributed by atoms with van der Waals surface area (Å²) in [4.78, 5) is 22.4. The molecule has 2 heterocycles. The predicted octanol–water partition coefficient (Wildman–Crippen LogP) is 2.80. The molecular formula is C10H13N3O4S. The van der Waals surface area contributed by atoms with Gasteiger partial charge >= 0.3 is 10.7 Å². The summed E-state index contributed by atoms with van der Waals surface area (Å²) >= 11 is 0.889. The minimum Gasteiger partial charge on any atom is -0.358 e. The van der Waals surface area contributed by atoms with E-state index in [0.717, 1.165) is 43.3 Å². The van der Waals surface area contributed by atoms with E-state index in [9.17, 15) is 20.2 Å². The Morgan fingerprint density at radius 1 is 1.28 bits per heavy atom. The van der Waals surface area contributed by atoms with Crippen LogP contribution < -0.4 is 4.90 Å². The lowest BCUT2D eigenvalue weighted by Gasteiger charge is -2.30. The van der Waals surface area contributed by atoms with Gasteiger partial charge in [-0.1, -0.05) is 6.92 Å². The molecule has 0 atom stereocenters. The van der Waals surface area contributed by atoms with Crippen molar-refractivity contribution in [2.75, 3.05) is 18.0 Å². The van der Waals surface area contributed by atoms with Crippen molar-refractivity contribution in [3.8, 4) is 0 Å². The Bertz CT molecular complexity index is 479. The Morgan fingerprint density at radius 3 is 2.39 bits per heavy atom. The molecule has 0 amide bonds. The van der Waals surface area contributed by atoms with Crippen LogP contribution in [0.15, 0.2) is 6.07 Å². The van der Waals surface area contributed by atoms with Crippen LogP contribution in [0, 0.1) is 26.1 Å². The van der Waals surface area contributed by atoms with Crippen LogP contribution in [0.3, 0.4) is 0 Å². The first-order chi connectivity index (χ1) is 8.49. The fraction of sp³-hybridized carbons (Fsp3) is 0.600. The average Bonchev–Trinajstić information content (AvgIpc) is 2.75. The molecule has 0 radical (unpaired) electrons. The van der Waals surface area contributed by atoms with Gasteiger partial charge in [0.1, 0.15) is 6.07 Å². The van der Waals surface area contributed by atoms with Crippen molar-refractivity contribution < 1.29 is 9.85 Å². The molecule has 0 spiro atoms. The van der Waals surface area contributed by atoms with Gasteiger partial charge in [0.15, 0.2) is 5.00 Å². The Labute approximate surface area is 107 Å². The number of hydrogen-bond acceptors (Lipinski definition) is 6. The molecule has 1 fully saturated rings. The maximum absolute atomic E-state index is 10.9. The fourth-order valence-corrected chi connectivity index (χ4v) is 3.01. The predicted molar refractivity (Wildman–Crippen MR) is 68.2 cm³/mol. The molecule has 0 aromatic carbocycles. The second-order valence-corrected chi connectivity index (χ2v) is 5.47. The highest BCUT2D eigenvalue weighted by Gasteiger charge is 2.30. The van der Waals surface area contributed by atoms with Gasteiger partial charge in [0.05, 0.1) is 9.85 Å². The molecule has 1 aromatic rings. The SMILES string of the molecule is CC1CCN(c2sc([N+](=O)[O-])cc2[N+](=O)[O-])CC1. The summed E-state index contributed by atoms with van der Waals surface area (Å²) in [5, 5.41) is 21.9. The Hall–Kier alpha value is -1.70. The fourth-order valence-electron chi connectivity index (χ4n) is 2.02. The molecule has 7 nitrogen and oxygen atoms in total. The van der Waals surface area contributed by atoms with Crippen LogP contribution in [-0.4, -0.2) is 22.9 Å². The minimum absolute atomic E-state index is 0.152. The maximum atomic E-state index is 10.9. The van der Waals surface area contributed by atoms with Gasteiger partial charge in [-0.05, 0) is 30.1 Å². The lowest BCUT2D eigenvalue weighted by Crippen LogP contribution is -2.32. The molecule has 0 saturated carbocycles. The van der Waals surface area contributed by atoms with Crippen LogP contribution in [0.2, 0.25) is 0 Å². The molecule has 98 valence electrons. The molecule has 0 unspecified atom stereocenters. The molecule has 1 saturated heterocycles. The zero-order valence-corrected chi connectivity index (χ0v) is 10.7. The molecule has 0 N–H and O–H groups in total. The highest BCUT2D eigenvalue weighted by molar-refractivity contribution is 7.19. The lowest BCUT2D eigenvalue weighted by atomic mass is 9.99. The highest BCUT2D eigenvalue weighted by Crippen LogP contribution is 2.42. The van der Waals surface area contributed by atoms with Crippen LogP contribution >= 0.6 is 11.3 Å². The maximum Gasteiger partial charge on any atom is 0.333 e. The van der Waals surface area contributed by atoms with Gasteiger partial charge in [-0.3, -0.25) is 20.2 Å². The van der Waals surface area contributed by atoms with Gasteiger partial charge in [0, 0.05) is 13.1 Å². The van der Waals surface area contributed by atoms with Crippen molar-refractivity contribution in [2.45, 2.75) is 19.8 Å². The van der Waals surface area contributed by atoms with Gasteiger partial charge in [0.25, 0.3) is 0 Å². The van der Waals surface area contributed by atoms with Gasteiger partial charge in [-0.15, -0.1) is 0 Å². The van der Waals surface area contributed by atoms with Crippen LogP contribution in [0.25, 0.3) is 0 Å². The normalized spacial score (nSPS) is 16.8. The van der Waals surface area contributed by atoms with Crippen LogP contribution in [0.5, 0.6) is 0 Å². The van der Waals surface area contributed by atoms with Gasteiger partial charge in [-0.25, -0.2) is 0 Å². The Balaban J connectivity index is 2.30. The summed E-state index contributed by atoms with van der Waals surface area (Å²) in [6.07, 6.45) is 1.92. The van der Waals surface area contributed by atoms with Gasteiger partial charge < -0.3 is 4.90 Å². The summed E-state index contributed by atoms with van der Waals surface area (Å²) < 4.78 is 0. The molecule has 18 heavy (non-hydrogen) atoms. The smallest absolute Gasteiger partial charge is 0.333 e. The van der Waals surface area contributed by atoms with Crippen molar-refractivity contribution in [3.05, 3.63) is 26.3 Å². The summed E-state index contributed by atoms with van der Waals surface area (Å²) in [7, 11) is 0. The third kappa shape index (κ3) is 2.42. The molecule has 2 rings (SSSR count). The van der Waals surface area contributed by atoms with E-state index in [-0.39, 0.29) is 10.7 Å². The zero-order valence-electron chi connectivity index (χ0n) is 9.87. The molecule has 1 aliphatic heterocycles. The van der Waals surface area contributed by atoms with E-state index < -0.39 is 9.85 Å². The molecule has 0 aliphatic carbocycles. The number of thiophene rings is 1. The largest absolute Gasteiger partial charge is 0.358 e.